The Morgan fingerprint density at radius 3 is 2.27 bits per heavy atom. The maximum Gasteiger partial charge on any atom is 0.148 e. The van der Waals surface area contributed by atoms with Crippen molar-refractivity contribution in [1.29, 1.82) is 0 Å². The molecule has 0 bridgehead atoms. The van der Waals surface area contributed by atoms with Crippen LogP contribution in [0.3, 0.4) is 0 Å². The molecule has 0 aliphatic heterocycles. The van der Waals surface area contributed by atoms with Crippen molar-refractivity contribution in [3.05, 3.63) is 65.5 Å². The Kier molecular flexibility index (Phi) is 9.05. The molecule has 26 heavy (non-hydrogen) atoms. The number of hydrogen-bond acceptors (Lipinski definition) is 4. The highest BCUT2D eigenvalue weighted by Gasteiger charge is 2.12. The summed E-state index contributed by atoms with van der Waals surface area (Å²) >= 11 is 0. The third-order valence-corrected chi connectivity index (χ3v) is 4.90. The van der Waals surface area contributed by atoms with E-state index >= 15 is 0 Å². The predicted octanol–water partition coefficient (Wildman–Crippen LogP) is 3.56. The maximum absolute atomic E-state index is 12.8. The van der Waals surface area contributed by atoms with Crippen molar-refractivity contribution in [1.82, 2.24) is 5.32 Å². The molecular weight excluding hydrogens is 377 g/mol. The lowest BCUT2D eigenvalue weighted by Gasteiger charge is -2.12. The third-order valence-electron chi connectivity index (χ3n) is 3.79. The fourth-order valence-electron chi connectivity index (χ4n) is 2.52. The van der Waals surface area contributed by atoms with E-state index in [4.69, 9.17) is 4.74 Å². The van der Waals surface area contributed by atoms with Crippen molar-refractivity contribution in [2.24, 2.45) is 0 Å². The van der Waals surface area contributed by atoms with Gasteiger partial charge in [0.2, 0.25) is 0 Å². The summed E-state index contributed by atoms with van der Waals surface area (Å²) in [6.07, 6.45) is 1.26. The van der Waals surface area contributed by atoms with E-state index in [0.29, 0.717) is 25.4 Å². The van der Waals surface area contributed by atoms with E-state index in [2.05, 4.69) is 5.32 Å². The molecule has 0 unspecified atom stereocenters. The highest BCUT2D eigenvalue weighted by atomic mass is 35.5. The summed E-state index contributed by atoms with van der Waals surface area (Å²) in [6.45, 7) is 3.79. The number of ether oxygens (including phenoxy) is 1. The van der Waals surface area contributed by atoms with Crippen LogP contribution in [0.15, 0.2) is 48.5 Å². The fraction of sp³-hybridized carbons (Fsp3) is 0.368. The standard InChI is InChI=1S/C19H24FNO3S.ClH/c1-15(14-25(2,22)23)17-5-3-16(4-6-17)13-21-11-12-24-19-9-7-18(20)8-10-19;/h3-10,15,21H,11-14H2,1-2H3;1H/t15-;/m0./s1. The number of nitrogens with one attached hydrogen (secondary N) is 1. The van der Waals surface area contributed by atoms with Crippen molar-refractivity contribution in [3.63, 3.8) is 0 Å². The van der Waals surface area contributed by atoms with Crippen LogP contribution in [-0.2, 0) is 16.4 Å². The molecule has 1 atom stereocenters. The van der Waals surface area contributed by atoms with Crippen LogP contribution in [0, 0.1) is 5.82 Å². The zero-order valence-corrected chi connectivity index (χ0v) is 16.6. The van der Waals surface area contributed by atoms with Crippen LogP contribution in [-0.4, -0.2) is 33.6 Å². The van der Waals surface area contributed by atoms with Crippen molar-refractivity contribution in [3.8, 4) is 5.75 Å². The normalized spacial score (nSPS) is 12.3. The van der Waals surface area contributed by atoms with Gasteiger partial charge < -0.3 is 10.1 Å². The Bertz CT molecular complexity index is 764. The van der Waals surface area contributed by atoms with Crippen LogP contribution in [0.5, 0.6) is 5.75 Å². The first-order valence-corrected chi connectivity index (χ1v) is 10.3. The second kappa shape index (κ2) is 10.5. The van der Waals surface area contributed by atoms with Crippen LogP contribution in [0.4, 0.5) is 4.39 Å². The minimum absolute atomic E-state index is 0. The number of benzene rings is 2. The molecule has 4 nitrogen and oxygen atoms in total. The Labute approximate surface area is 161 Å². The molecule has 0 amide bonds. The van der Waals surface area contributed by atoms with Crippen molar-refractivity contribution in [2.75, 3.05) is 25.2 Å². The first-order chi connectivity index (χ1) is 11.8. The van der Waals surface area contributed by atoms with E-state index < -0.39 is 9.84 Å². The number of halogens is 2. The number of hydrogen-bond donors (Lipinski definition) is 1. The van der Waals surface area contributed by atoms with Gasteiger partial charge in [-0.05, 0) is 41.3 Å². The first kappa shape index (κ1) is 22.4. The molecule has 0 aliphatic rings. The van der Waals surface area contributed by atoms with Crippen molar-refractivity contribution < 1.29 is 17.5 Å². The topological polar surface area (TPSA) is 55.4 Å². The molecule has 0 saturated heterocycles. The van der Waals surface area contributed by atoms with Gasteiger partial charge in [0, 0.05) is 19.3 Å². The lowest BCUT2D eigenvalue weighted by Crippen LogP contribution is -2.20. The van der Waals surface area contributed by atoms with E-state index in [1.54, 1.807) is 12.1 Å². The Balaban J connectivity index is 0.00000338. The molecule has 2 rings (SSSR count). The van der Waals surface area contributed by atoms with E-state index in [9.17, 15) is 12.8 Å². The zero-order valence-electron chi connectivity index (χ0n) is 14.9. The maximum atomic E-state index is 12.8. The van der Waals surface area contributed by atoms with Crippen molar-refractivity contribution in [2.45, 2.75) is 19.4 Å². The molecule has 0 fully saturated rings. The second-order valence-corrected chi connectivity index (χ2v) is 8.40. The van der Waals surface area contributed by atoms with E-state index in [1.165, 1.54) is 18.4 Å². The van der Waals surface area contributed by atoms with Gasteiger partial charge in [-0.1, -0.05) is 31.2 Å². The van der Waals surface area contributed by atoms with Crippen LogP contribution < -0.4 is 10.1 Å². The smallest absolute Gasteiger partial charge is 0.148 e. The average molecular weight is 402 g/mol. The fourth-order valence-corrected chi connectivity index (χ4v) is 3.62. The van der Waals surface area contributed by atoms with Crippen molar-refractivity contribution >= 4 is 22.2 Å². The molecule has 0 aliphatic carbocycles. The van der Waals surface area contributed by atoms with Gasteiger partial charge >= 0.3 is 0 Å². The molecule has 2 aromatic rings. The lowest BCUT2D eigenvalue weighted by molar-refractivity contribution is 0.313. The second-order valence-electron chi connectivity index (χ2n) is 6.21. The quantitative estimate of drug-likeness (QED) is 0.653. The summed E-state index contributed by atoms with van der Waals surface area (Å²) in [5.41, 5.74) is 2.14. The third kappa shape index (κ3) is 8.17. The number of sulfone groups is 1. The van der Waals surface area contributed by atoms with Gasteiger partial charge in [0.15, 0.2) is 0 Å². The monoisotopic (exact) mass is 401 g/mol. The van der Waals surface area contributed by atoms with Crippen LogP contribution in [0.25, 0.3) is 0 Å². The molecule has 144 valence electrons. The lowest BCUT2D eigenvalue weighted by atomic mass is 10.0. The highest BCUT2D eigenvalue weighted by Crippen LogP contribution is 2.17. The van der Waals surface area contributed by atoms with Crippen LogP contribution >= 0.6 is 12.4 Å². The molecule has 0 radical (unpaired) electrons. The van der Waals surface area contributed by atoms with Gasteiger partial charge in [0.1, 0.15) is 28.0 Å². The van der Waals surface area contributed by atoms with Crippen LogP contribution in [0.1, 0.15) is 24.0 Å². The Morgan fingerprint density at radius 1 is 1.08 bits per heavy atom. The average Bonchev–Trinajstić information content (AvgIpc) is 2.55. The molecular formula is C19H25ClFNO3S. The molecule has 1 N–H and O–H groups in total. The summed E-state index contributed by atoms with van der Waals surface area (Å²) in [4.78, 5) is 0. The summed E-state index contributed by atoms with van der Waals surface area (Å²) in [7, 11) is -2.97. The van der Waals surface area contributed by atoms with Crippen LogP contribution in [0.2, 0.25) is 0 Å². The SMILES string of the molecule is C[C@@H](CS(C)(=O)=O)c1ccc(CNCCOc2ccc(F)cc2)cc1.Cl. The minimum Gasteiger partial charge on any atom is -0.492 e. The van der Waals surface area contributed by atoms with Gasteiger partial charge in [-0.15, -0.1) is 12.4 Å². The van der Waals surface area contributed by atoms with Gasteiger partial charge in [-0.25, -0.2) is 12.8 Å². The summed E-state index contributed by atoms with van der Waals surface area (Å²) in [5.74, 6) is 0.513. The molecule has 0 saturated carbocycles. The predicted molar refractivity (Wildman–Crippen MR) is 105 cm³/mol. The molecule has 7 heteroatoms. The first-order valence-electron chi connectivity index (χ1n) is 8.19. The molecule has 0 aromatic heterocycles. The van der Waals surface area contributed by atoms with E-state index in [0.717, 1.165) is 11.1 Å². The summed E-state index contributed by atoms with van der Waals surface area (Å²) < 4.78 is 41.0. The van der Waals surface area contributed by atoms with Gasteiger partial charge in [0.25, 0.3) is 0 Å². The van der Waals surface area contributed by atoms with Gasteiger partial charge in [0.05, 0.1) is 5.75 Å². The van der Waals surface area contributed by atoms with E-state index in [-0.39, 0.29) is 29.9 Å². The Hall–Kier alpha value is -1.63. The Morgan fingerprint density at radius 2 is 1.69 bits per heavy atom. The zero-order chi connectivity index (χ0) is 18.3. The molecule has 0 heterocycles. The summed E-state index contributed by atoms with van der Waals surface area (Å²) in [5, 5.41) is 3.28. The van der Waals surface area contributed by atoms with Gasteiger partial charge in [-0.3, -0.25) is 0 Å². The minimum atomic E-state index is -2.97. The largest absolute Gasteiger partial charge is 0.492 e. The molecule has 0 spiro atoms. The summed E-state index contributed by atoms with van der Waals surface area (Å²) in [6, 6.07) is 13.9. The number of rotatable bonds is 9. The van der Waals surface area contributed by atoms with E-state index in [1.807, 2.05) is 31.2 Å². The highest BCUT2D eigenvalue weighted by molar-refractivity contribution is 7.90. The van der Waals surface area contributed by atoms with Gasteiger partial charge in [-0.2, -0.15) is 0 Å². The molecule has 2 aromatic carbocycles.